The first kappa shape index (κ1) is 23.9. The first-order valence-corrected chi connectivity index (χ1v) is 12.0. The van der Waals surface area contributed by atoms with E-state index in [1.807, 2.05) is 43.3 Å². The summed E-state index contributed by atoms with van der Waals surface area (Å²) in [6.45, 7) is 2.16. The highest BCUT2D eigenvalue weighted by Crippen LogP contribution is 2.36. The number of aryl methyl sites for hydroxylation is 1. The SMILES string of the molecule is COc1ccc(Oc2c(CN(C(=O)c3cccc(F)c3)C3CC3)c(C)nn2-c2cccc(Cl)c2)cc1. The summed E-state index contributed by atoms with van der Waals surface area (Å²) in [5.41, 5.74) is 2.54. The molecule has 0 spiro atoms. The minimum absolute atomic E-state index is 0.0866. The molecule has 1 aliphatic rings. The lowest BCUT2D eigenvalue weighted by atomic mass is 10.1. The smallest absolute Gasteiger partial charge is 0.254 e. The van der Waals surface area contributed by atoms with Gasteiger partial charge in [-0.15, -0.1) is 0 Å². The van der Waals surface area contributed by atoms with E-state index < -0.39 is 5.82 Å². The van der Waals surface area contributed by atoms with Crippen molar-refractivity contribution in [2.75, 3.05) is 7.11 Å². The molecule has 0 saturated heterocycles. The van der Waals surface area contributed by atoms with Crippen LogP contribution in [0, 0.1) is 12.7 Å². The molecule has 1 heterocycles. The van der Waals surface area contributed by atoms with Crippen molar-refractivity contribution in [2.24, 2.45) is 0 Å². The van der Waals surface area contributed by atoms with Gasteiger partial charge < -0.3 is 14.4 Å². The van der Waals surface area contributed by atoms with E-state index in [-0.39, 0.29) is 18.5 Å². The zero-order valence-electron chi connectivity index (χ0n) is 19.9. The monoisotopic (exact) mass is 505 g/mol. The average molecular weight is 506 g/mol. The molecule has 0 radical (unpaired) electrons. The number of methoxy groups -OCH3 is 1. The van der Waals surface area contributed by atoms with E-state index in [1.165, 1.54) is 12.1 Å². The standard InChI is InChI=1S/C28H25ClFN3O3/c1-18-26(17-32(22-9-10-22)27(34)19-5-3-7-21(30)15-19)28(36-25-13-11-24(35-2)12-14-25)33(31-18)23-8-4-6-20(29)16-23/h3-8,11-16,22H,9-10,17H2,1-2H3. The van der Waals surface area contributed by atoms with Crippen molar-refractivity contribution >= 4 is 17.5 Å². The van der Waals surface area contributed by atoms with E-state index in [0.29, 0.717) is 28.0 Å². The van der Waals surface area contributed by atoms with Crippen LogP contribution in [0.3, 0.4) is 0 Å². The molecule has 184 valence electrons. The van der Waals surface area contributed by atoms with Crippen molar-refractivity contribution in [1.29, 1.82) is 0 Å². The number of benzene rings is 3. The normalized spacial score (nSPS) is 12.9. The molecule has 36 heavy (non-hydrogen) atoms. The Morgan fingerprint density at radius 3 is 2.47 bits per heavy atom. The summed E-state index contributed by atoms with van der Waals surface area (Å²) in [7, 11) is 1.60. The Balaban J connectivity index is 1.55. The van der Waals surface area contributed by atoms with Gasteiger partial charge in [-0.2, -0.15) is 5.10 Å². The third kappa shape index (κ3) is 5.06. The number of halogens is 2. The van der Waals surface area contributed by atoms with E-state index in [9.17, 15) is 9.18 Å². The van der Waals surface area contributed by atoms with Crippen molar-refractivity contribution in [1.82, 2.24) is 14.7 Å². The number of hydrogen-bond acceptors (Lipinski definition) is 4. The Kier molecular flexibility index (Phi) is 6.65. The minimum Gasteiger partial charge on any atom is -0.497 e. The highest BCUT2D eigenvalue weighted by Gasteiger charge is 2.35. The number of ether oxygens (including phenoxy) is 2. The fraction of sp³-hybridized carbons (Fsp3) is 0.214. The van der Waals surface area contributed by atoms with Crippen molar-refractivity contribution in [2.45, 2.75) is 32.4 Å². The van der Waals surface area contributed by atoms with Crippen molar-refractivity contribution in [3.05, 3.63) is 100 Å². The number of carbonyl (C=O) groups excluding carboxylic acids is 1. The zero-order chi connectivity index (χ0) is 25.2. The predicted octanol–water partition coefficient (Wildman–Crippen LogP) is 6.58. The van der Waals surface area contributed by atoms with Gasteiger partial charge in [-0.05, 0) is 80.4 Å². The lowest BCUT2D eigenvalue weighted by molar-refractivity contribution is 0.0728. The maximum absolute atomic E-state index is 13.9. The van der Waals surface area contributed by atoms with E-state index in [2.05, 4.69) is 0 Å². The molecule has 1 aromatic heterocycles. The molecule has 4 aromatic rings. The molecule has 3 aromatic carbocycles. The van der Waals surface area contributed by atoms with Crippen molar-refractivity contribution in [3.63, 3.8) is 0 Å². The summed E-state index contributed by atoms with van der Waals surface area (Å²) in [5, 5.41) is 5.31. The Morgan fingerprint density at radius 2 is 1.81 bits per heavy atom. The highest BCUT2D eigenvalue weighted by atomic mass is 35.5. The lowest BCUT2D eigenvalue weighted by Crippen LogP contribution is -2.33. The van der Waals surface area contributed by atoms with Gasteiger partial charge in [0, 0.05) is 16.6 Å². The molecule has 1 fully saturated rings. The van der Waals surface area contributed by atoms with Crippen LogP contribution in [0.1, 0.15) is 34.5 Å². The van der Waals surface area contributed by atoms with Crippen LogP contribution in [0.25, 0.3) is 5.69 Å². The summed E-state index contributed by atoms with van der Waals surface area (Å²) in [4.78, 5) is 15.2. The van der Waals surface area contributed by atoms with Crippen LogP contribution in [0.2, 0.25) is 5.02 Å². The van der Waals surface area contributed by atoms with Gasteiger partial charge in [0.15, 0.2) is 0 Å². The molecular weight excluding hydrogens is 481 g/mol. The van der Waals surface area contributed by atoms with E-state index in [0.717, 1.165) is 29.8 Å². The first-order chi connectivity index (χ1) is 17.4. The van der Waals surface area contributed by atoms with Crippen LogP contribution in [0.4, 0.5) is 4.39 Å². The molecule has 1 saturated carbocycles. The molecule has 0 bridgehead atoms. The van der Waals surface area contributed by atoms with Gasteiger partial charge in [-0.3, -0.25) is 4.79 Å². The summed E-state index contributed by atoms with van der Waals surface area (Å²) in [6.07, 6.45) is 1.80. The fourth-order valence-corrected chi connectivity index (χ4v) is 4.26. The molecule has 8 heteroatoms. The Labute approximate surface area is 213 Å². The van der Waals surface area contributed by atoms with Gasteiger partial charge in [-0.1, -0.05) is 23.7 Å². The minimum atomic E-state index is -0.440. The molecule has 6 nitrogen and oxygen atoms in total. The summed E-state index contributed by atoms with van der Waals surface area (Å²) in [5.74, 6) is 1.13. The topological polar surface area (TPSA) is 56.6 Å². The van der Waals surface area contributed by atoms with Crippen LogP contribution in [-0.2, 0) is 6.54 Å². The van der Waals surface area contributed by atoms with Gasteiger partial charge in [0.1, 0.15) is 17.3 Å². The number of amides is 1. The van der Waals surface area contributed by atoms with Gasteiger partial charge >= 0.3 is 0 Å². The maximum Gasteiger partial charge on any atom is 0.254 e. The van der Waals surface area contributed by atoms with Gasteiger partial charge in [0.2, 0.25) is 5.88 Å². The molecule has 5 rings (SSSR count). The molecule has 0 unspecified atom stereocenters. The maximum atomic E-state index is 13.9. The first-order valence-electron chi connectivity index (χ1n) is 11.7. The number of aromatic nitrogens is 2. The van der Waals surface area contributed by atoms with Gasteiger partial charge in [0.25, 0.3) is 5.91 Å². The number of carbonyl (C=O) groups is 1. The Bertz CT molecular complexity index is 1400. The summed E-state index contributed by atoms with van der Waals surface area (Å²) < 4.78 is 27.2. The Hall–Kier alpha value is -3.84. The number of rotatable bonds is 8. The molecule has 0 aliphatic heterocycles. The van der Waals surface area contributed by atoms with E-state index >= 15 is 0 Å². The second-order valence-corrected chi connectivity index (χ2v) is 9.15. The highest BCUT2D eigenvalue weighted by molar-refractivity contribution is 6.30. The van der Waals surface area contributed by atoms with Crippen LogP contribution < -0.4 is 9.47 Å². The van der Waals surface area contributed by atoms with E-state index in [4.69, 9.17) is 26.2 Å². The molecule has 1 aliphatic carbocycles. The third-order valence-electron chi connectivity index (χ3n) is 6.11. The van der Waals surface area contributed by atoms with Crippen molar-refractivity contribution in [3.8, 4) is 23.1 Å². The lowest BCUT2D eigenvalue weighted by Gasteiger charge is -2.23. The predicted molar refractivity (Wildman–Crippen MR) is 136 cm³/mol. The van der Waals surface area contributed by atoms with Crippen LogP contribution >= 0.6 is 11.6 Å². The van der Waals surface area contributed by atoms with Crippen LogP contribution in [-0.4, -0.2) is 33.7 Å². The molecule has 0 atom stereocenters. The largest absolute Gasteiger partial charge is 0.497 e. The van der Waals surface area contributed by atoms with Crippen molar-refractivity contribution < 1.29 is 18.7 Å². The molecule has 0 N–H and O–H groups in total. The second kappa shape index (κ2) is 10.0. The quantitative estimate of drug-likeness (QED) is 0.271. The molecular formula is C28H25ClFN3O3. The Morgan fingerprint density at radius 1 is 1.08 bits per heavy atom. The average Bonchev–Trinajstić information content (AvgIpc) is 3.67. The summed E-state index contributed by atoms with van der Waals surface area (Å²) >= 11 is 6.26. The second-order valence-electron chi connectivity index (χ2n) is 8.71. The van der Waals surface area contributed by atoms with Gasteiger partial charge in [0.05, 0.1) is 30.6 Å². The fourth-order valence-electron chi connectivity index (χ4n) is 4.07. The number of hydrogen-bond donors (Lipinski definition) is 0. The zero-order valence-corrected chi connectivity index (χ0v) is 20.7. The molecule has 1 amide bonds. The van der Waals surface area contributed by atoms with Gasteiger partial charge in [-0.25, -0.2) is 9.07 Å². The van der Waals surface area contributed by atoms with Crippen LogP contribution in [0.15, 0.2) is 72.8 Å². The number of nitrogens with zero attached hydrogens (tertiary/aromatic N) is 3. The van der Waals surface area contributed by atoms with Crippen LogP contribution in [0.5, 0.6) is 17.4 Å². The summed E-state index contributed by atoms with van der Waals surface area (Å²) in [6, 6.07) is 20.4. The third-order valence-corrected chi connectivity index (χ3v) is 6.35. The van der Waals surface area contributed by atoms with E-state index in [1.54, 1.807) is 41.0 Å².